The van der Waals surface area contributed by atoms with E-state index in [0.717, 1.165) is 71.0 Å². The lowest BCUT2D eigenvalue weighted by Gasteiger charge is -2.34. The monoisotopic (exact) mass is 805 g/mol. The van der Waals surface area contributed by atoms with Gasteiger partial charge in [-0.3, -0.25) is 4.99 Å². The molecule has 7 aromatic rings. The second-order valence-corrected chi connectivity index (χ2v) is 18.8. The normalized spacial score (nSPS) is 22.0. The summed E-state index contributed by atoms with van der Waals surface area (Å²) >= 11 is 0. The Balaban J connectivity index is 1.02. The van der Waals surface area contributed by atoms with Gasteiger partial charge in [-0.1, -0.05) is 174 Å². The summed E-state index contributed by atoms with van der Waals surface area (Å²) in [6, 6.07) is 47.7. The molecule has 6 aromatic carbocycles. The van der Waals surface area contributed by atoms with Crippen LogP contribution in [0.15, 0.2) is 177 Å². The van der Waals surface area contributed by atoms with Gasteiger partial charge in [0.1, 0.15) is 11.2 Å². The van der Waals surface area contributed by atoms with Gasteiger partial charge in [-0.05, 0) is 135 Å². The highest BCUT2D eigenvalue weighted by atomic mass is 16.3. The third-order valence-corrected chi connectivity index (χ3v) is 15.2. The zero-order chi connectivity index (χ0) is 42.3. The van der Waals surface area contributed by atoms with Crippen LogP contribution < -0.4 is 0 Å². The van der Waals surface area contributed by atoms with Gasteiger partial charge in [0.2, 0.25) is 0 Å². The van der Waals surface area contributed by atoms with E-state index in [1.807, 2.05) is 0 Å². The number of allylic oxidation sites excluding steroid dienone is 7. The molecule has 11 rings (SSSR count). The molecule has 3 aliphatic carbocycles. The number of aliphatic imine (C=N–C) groups is 1. The molecule has 0 amide bonds. The summed E-state index contributed by atoms with van der Waals surface area (Å²) in [7, 11) is 0. The summed E-state index contributed by atoms with van der Waals surface area (Å²) in [6.45, 7) is 14.3. The lowest BCUT2D eigenvalue weighted by molar-refractivity contribution is 0.568. The molecule has 2 nitrogen and oxygen atoms in total. The van der Waals surface area contributed by atoms with Gasteiger partial charge in [0.05, 0.1) is 11.4 Å². The van der Waals surface area contributed by atoms with Crippen molar-refractivity contribution in [3.05, 3.63) is 207 Å². The van der Waals surface area contributed by atoms with Crippen molar-refractivity contribution < 1.29 is 4.42 Å². The van der Waals surface area contributed by atoms with E-state index in [4.69, 9.17) is 9.41 Å². The molecule has 0 radical (unpaired) electrons. The van der Waals surface area contributed by atoms with Crippen molar-refractivity contribution in [3.8, 4) is 22.3 Å². The largest absolute Gasteiger partial charge is 0.455 e. The number of rotatable bonds is 6. The topological polar surface area (TPSA) is 25.5 Å². The first-order valence-corrected chi connectivity index (χ1v) is 23.0. The van der Waals surface area contributed by atoms with Crippen LogP contribution in [0.3, 0.4) is 0 Å². The van der Waals surface area contributed by atoms with Gasteiger partial charge in [-0.2, -0.15) is 0 Å². The smallest absolute Gasteiger partial charge is 0.144 e. The van der Waals surface area contributed by atoms with E-state index in [0.29, 0.717) is 11.8 Å². The van der Waals surface area contributed by atoms with Crippen LogP contribution in [0, 0.1) is 5.92 Å². The Bertz CT molecular complexity index is 3120. The molecular weight excluding hydrogens is 751 g/mol. The fourth-order valence-corrected chi connectivity index (χ4v) is 11.6. The Morgan fingerprint density at radius 3 is 2.31 bits per heavy atom. The van der Waals surface area contributed by atoms with Crippen LogP contribution >= 0.6 is 0 Å². The van der Waals surface area contributed by atoms with Gasteiger partial charge in [-0.15, -0.1) is 0 Å². The standard InChI is InChI=1S/C60H55NO/c1-7-39-34-50(41-18-9-8-10-19-41)36(2)37(3)57(61-58(39)49-25-17-24-47-46-22-14-16-27-55(46)62-59(47)49)42-30-28-40(29-31-42)38(4)51-35-52-45(43-20-11-12-21-44(43)51)32-33-54-56(52)48-23-13-15-26-53(48)60(54,5)6/h8-9,11-18,20-33,37-38,51H,7,10,19,34-35H2,1-6H3/b50-36-,58-39-,61-57?. The molecule has 1 aromatic heterocycles. The van der Waals surface area contributed by atoms with Crippen molar-refractivity contribution in [2.75, 3.05) is 0 Å². The van der Waals surface area contributed by atoms with Crippen molar-refractivity contribution in [1.82, 2.24) is 0 Å². The summed E-state index contributed by atoms with van der Waals surface area (Å²) in [5, 5.41) is 2.29. The summed E-state index contributed by atoms with van der Waals surface area (Å²) in [4.78, 5) is 5.81. The highest BCUT2D eigenvalue weighted by molar-refractivity contribution is 6.11. The molecule has 0 spiro atoms. The van der Waals surface area contributed by atoms with Crippen molar-refractivity contribution in [2.24, 2.45) is 10.9 Å². The van der Waals surface area contributed by atoms with E-state index >= 15 is 0 Å². The average Bonchev–Trinajstić information content (AvgIpc) is 3.81. The van der Waals surface area contributed by atoms with Gasteiger partial charge in [0.15, 0.2) is 0 Å². The van der Waals surface area contributed by atoms with Gasteiger partial charge in [0, 0.05) is 27.7 Å². The Labute approximate surface area is 367 Å². The van der Waals surface area contributed by atoms with E-state index in [2.05, 4.69) is 187 Å². The van der Waals surface area contributed by atoms with Crippen molar-refractivity contribution >= 4 is 33.3 Å². The molecule has 4 aliphatic rings. The number of benzene rings is 6. The molecule has 0 bridgehead atoms. The Hall–Kier alpha value is -6.25. The predicted octanol–water partition coefficient (Wildman–Crippen LogP) is 16.2. The first-order chi connectivity index (χ1) is 30.2. The van der Waals surface area contributed by atoms with Crippen molar-refractivity contribution in [1.29, 1.82) is 0 Å². The van der Waals surface area contributed by atoms with Gasteiger partial charge < -0.3 is 4.42 Å². The molecule has 3 atom stereocenters. The summed E-state index contributed by atoms with van der Waals surface area (Å²) < 4.78 is 6.70. The van der Waals surface area contributed by atoms with E-state index in [1.165, 1.54) is 77.9 Å². The van der Waals surface area contributed by atoms with Crippen LogP contribution in [0.1, 0.15) is 118 Å². The third-order valence-electron chi connectivity index (χ3n) is 15.2. The van der Waals surface area contributed by atoms with E-state index in [1.54, 1.807) is 0 Å². The van der Waals surface area contributed by atoms with Crippen molar-refractivity contribution in [3.63, 3.8) is 0 Å². The van der Waals surface area contributed by atoms with Crippen LogP contribution in [-0.2, 0) is 11.8 Å². The molecule has 3 unspecified atom stereocenters. The molecule has 306 valence electrons. The van der Waals surface area contributed by atoms with Crippen LogP contribution in [0.2, 0.25) is 0 Å². The average molecular weight is 806 g/mol. The Morgan fingerprint density at radius 1 is 0.758 bits per heavy atom. The quantitative estimate of drug-likeness (QED) is 0.164. The van der Waals surface area contributed by atoms with E-state index < -0.39 is 0 Å². The summed E-state index contributed by atoms with van der Waals surface area (Å²) in [5.74, 6) is 0.781. The highest BCUT2D eigenvalue weighted by Crippen LogP contribution is 2.56. The van der Waals surface area contributed by atoms with Crippen LogP contribution in [0.5, 0.6) is 0 Å². The molecule has 62 heavy (non-hydrogen) atoms. The molecule has 0 saturated carbocycles. The number of nitrogens with zero attached hydrogens (tertiary/aromatic N) is 1. The molecule has 0 N–H and O–H groups in total. The van der Waals surface area contributed by atoms with Crippen LogP contribution in [0.4, 0.5) is 0 Å². The minimum atomic E-state index is -0.0179. The van der Waals surface area contributed by atoms with Crippen LogP contribution in [-0.4, -0.2) is 5.71 Å². The van der Waals surface area contributed by atoms with Crippen molar-refractivity contribution in [2.45, 2.75) is 90.9 Å². The zero-order valence-electron chi connectivity index (χ0n) is 37.0. The van der Waals surface area contributed by atoms with Gasteiger partial charge in [0.25, 0.3) is 0 Å². The molecule has 2 heteroatoms. The van der Waals surface area contributed by atoms with E-state index in [-0.39, 0.29) is 11.3 Å². The van der Waals surface area contributed by atoms with Gasteiger partial charge in [-0.25, -0.2) is 0 Å². The molecule has 0 saturated heterocycles. The fraction of sp³-hybridized carbons (Fsp3) is 0.250. The fourth-order valence-electron chi connectivity index (χ4n) is 11.6. The third kappa shape index (κ3) is 6.01. The highest BCUT2D eigenvalue weighted by Gasteiger charge is 2.40. The molecule has 0 fully saturated rings. The number of hydrogen-bond donors (Lipinski definition) is 0. The zero-order valence-corrected chi connectivity index (χ0v) is 37.0. The molecule has 2 heterocycles. The number of furan rings is 1. The predicted molar refractivity (Wildman–Crippen MR) is 261 cm³/mol. The summed E-state index contributed by atoms with van der Waals surface area (Å²) in [6.07, 6.45) is 11.9. The second-order valence-electron chi connectivity index (χ2n) is 18.8. The maximum atomic E-state index is 6.70. The van der Waals surface area contributed by atoms with Crippen LogP contribution in [0.25, 0.3) is 49.9 Å². The first-order valence-electron chi connectivity index (χ1n) is 23.0. The second kappa shape index (κ2) is 15.0. The molecular formula is C60H55NO. The number of fused-ring (bicyclic) bond motifs is 10. The SMILES string of the molecule is CC/C1=C(\c2cccc3c2oc2ccccc23)N=C(c2ccc(C(C)C3Cc4c(ccc5c4-c4ccccc4C5(C)C)-c4ccccc43)cc2)C(C)/C(C)=C(\C2=CC=CCC2)C1. The number of hydrogen-bond acceptors (Lipinski definition) is 2. The maximum absolute atomic E-state index is 6.70. The van der Waals surface area contributed by atoms with Gasteiger partial charge >= 0.3 is 0 Å². The lowest BCUT2D eigenvalue weighted by Crippen LogP contribution is -2.20. The minimum Gasteiger partial charge on any atom is -0.455 e. The summed E-state index contributed by atoms with van der Waals surface area (Å²) in [5.41, 5.74) is 24.9. The van der Waals surface area contributed by atoms with E-state index in [9.17, 15) is 0 Å². The maximum Gasteiger partial charge on any atom is 0.144 e. The lowest BCUT2D eigenvalue weighted by atomic mass is 9.69. The number of para-hydroxylation sites is 2. The minimum absolute atomic E-state index is 0.0179. The Morgan fingerprint density at radius 2 is 1.50 bits per heavy atom. The Kier molecular flexibility index (Phi) is 9.34. The molecule has 1 aliphatic heterocycles. The first kappa shape index (κ1) is 38.7.